The van der Waals surface area contributed by atoms with Crippen LogP contribution < -0.4 is 15.1 Å². The van der Waals surface area contributed by atoms with Crippen molar-refractivity contribution in [2.24, 2.45) is 5.10 Å². The Labute approximate surface area is 190 Å². The molecule has 7 nitrogen and oxygen atoms in total. The van der Waals surface area contributed by atoms with Crippen LogP contribution in [0.1, 0.15) is 26.3 Å². The van der Waals surface area contributed by atoms with Crippen molar-refractivity contribution in [3.05, 3.63) is 42.0 Å². The van der Waals surface area contributed by atoms with Gasteiger partial charge in [0.15, 0.2) is 4.34 Å². The highest BCUT2D eigenvalue weighted by Gasteiger charge is 2.09. The van der Waals surface area contributed by atoms with E-state index in [4.69, 9.17) is 4.74 Å². The number of aromatic hydroxyl groups is 1. The lowest BCUT2D eigenvalue weighted by Crippen LogP contribution is -2.21. The molecule has 9 heteroatoms. The van der Waals surface area contributed by atoms with Gasteiger partial charge in [-0.05, 0) is 51.1 Å². The first-order valence-electron chi connectivity index (χ1n) is 10.1. The molecule has 0 aliphatic carbocycles. The Hall–Kier alpha value is -2.78. The van der Waals surface area contributed by atoms with E-state index < -0.39 is 0 Å². The third-order valence-electron chi connectivity index (χ3n) is 4.51. The van der Waals surface area contributed by atoms with Crippen molar-refractivity contribution < 1.29 is 14.6 Å². The molecule has 0 fully saturated rings. The van der Waals surface area contributed by atoms with Gasteiger partial charge in [-0.1, -0.05) is 11.8 Å². The zero-order chi connectivity index (χ0) is 22.2. The average molecular weight is 459 g/mol. The molecule has 164 valence electrons. The Kier molecular flexibility index (Phi) is 8.13. The van der Waals surface area contributed by atoms with E-state index in [0.29, 0.717) is 12.2 Å². The van der Waals surface area contributed by atoms with Gasteiger partial charge in [-0.15, -0.1) is 11.3 Å². The summed E-state index contributed by atoms with van der Waals surface area (Å²) in [5.41, 5.74) is 4.87. The molecule has 1 amide bonds. The number of hydrogen-bond donors (Lipinski definition) is 2. The maximum absolute atomic E-state index is 12.1. The van der Waals surface area contributed by atoms with Gasteiger partial charge in [-0.25, -0.2) is 10.4 Å². The zero-order valence-corrected chi connectivity index (χ0v) is 19.4. The van der Waals surface area contributed by atoms with Crippen LogP contribution in [0.15, 0.2) is 45.8 Å². The number of thioether (sulfide) groups is 1. The lowest BCUT2D eigenvalue weighted by atomic mass is 10.2. The smallest absolute Gasteiger partial charge is 0.250 e. The predicted molar refractivity (Wildman–Crippen MR) is 129 cm³/mol. The molecule has 0 aliphatic rings. The van der Waals surface area contributed by atoms with Crippen LogP contribution in [-0.2, 0) is 4.79 Å². The summed E-state index contributed by atoms with van der Waals surface area (Å²) in [4.78, 5) is 18.8. The summed E-state index contributed by atoms with van der Waals surface area (Å²) in [5, 5.41) is 14.2. The van der Waals surface area contributed by atoms with E-state index >= 15 is 0 Å². The Morgan fingerprint density at radius 2 is 2.06 bits per heavy atom. The lowest BCUT2D eigenvalue weighted by Gasteiger charge is -2.21. The maximum Gasteiger partial charge on any atom is 0.250 e. The number of phenols is 1. The lowest BCUT2D eigenvalue weighted by molar-refractivity contribution is -0.118. The van der Waals surface area contributed by atoms with Gasteiger partial charge >= 0.3 is 0 Å². The summed E-state index contributed by atoms with van der Waals surface area (Å²) >= 11 is 2.88. The van der Waals surface area contributed by atoms with Gasteiger partial charge in [0.1, 0.15) is 11.5 Å². The van der Waals surface area contributed by atoms with Gasteiger partial charge in [-0.2, -0.15) is 5.10 Å². The molecule has 1 aromatic heterocycles. The fourth-order valence-corrected chi connectivity index (χ4v) is 4.85. The second-order valence-electron chi connectivity index (χ2n) is 6.54. The highest BCUT2D eigenvalue weighted by molar-refractivity contribution is 8.01. The number of nitrogens with one attached hydrogen (secondary N) is 1. The number of aromatic nitrogens is 1. The van der Waals surface area contributed by atoms with E-state index in [0.717, 1.165) is 39.1 Å². The molecule has 0 unspecified atom stereocenters. The van der Waals surface area contributed by atoms with Crippen molar-refractivity contribution in [2.75, 3.05) is 30.3 Å². The van der Waals surface area contributed by atoms with E-state index in [9.17, 15) is 9.90 Å². The largest absolute Gasteiger partial charge is 0.507 e. The van der Waals surface area contributed by atoms with Crippen molar-refractivity contribution in [3.63, 3.8) is 0 Å². The molecular formula is C22H26N4O3S2. The van der Waals surface area contributed by atoms with E-state index in [1.807, 2.05) is 31.2 Å². The Morgan fingerprint density at radius 1 is 1.26 bits per heavy atom. The van der Waals surface area contributed by atoms with E-state index in [1.54, 1.807) is 12.1 Å². The summed E-state index contributed by atoms with van der Waals surface area (Å²) in [6, 6.07) is 11.2. The topological polar surface area (TPSA) is 87.0 Å². The van der Waals surface area contributed by atoms with Crippen LogP contribution in [0.4, 0.5) is 5.69 Å². The summed E-state index contributed by atoms with van der Waals surface area (Å²) in [6.45, 7) is 8.41. The minimum absolute atomic E-state index is 0.123. The normalized spacial score (nSPS) is 11.2. The molecule has 31 heavy (non-hydrogen) atoms. The molecular weight excluding hydrogens is 432 g/mol. The van der Waals surface area contributed by atoms with Gasteiger partial charge in [0.05, 0.1) is 28.8 Å². The average Bonchev–Trinajstić information content (AvgIpc) is 3.17. The van der Waals surface area contributed by atoms with Crippen LogP contribution in [0.3, 0.4) is 0 Å². The Balaban J connectivity index is 1.53. The fourth-order valence-electron chi connectivity index (χ4n) is 2.96. The first-order valence-corrected chi connectivity index (χ1v) is 11.9. The monoisotopic (exact) mass is 458 g/mol. The summed E-state index contributed by atoms with van der Waals surface area (Å²) in [6.07, 6.45) is 1.44. The zero-order valence-electron chi connectivity index (χ0n) is 17.8. The molecule has 0 atom stereocenters. The van der Waals surface area contributed by atoms with Crippen LogP contribution in [0.5, 0.6) is 11.5 Å². The Morgan fingerprint density at radius 3 is 2.77 bits per heavy atom. The molecule has 0 radical (unpaired) electrons. The molecule has 0 saturated carbocycles. The molecule has 1 heterocycles. The highest BCUT2D eigenvalue weighted by Crippen LogP contribution is 2.31. The van der Waals surface area contributed by atoms with Crippen molar-refractivity contribution in [1.82, 2.24) is 10.4 Å². The number of fused-ring (bicyclic) bond motifs is 1. The molecule has 0 spiro atoms. The molecule has 3 aromatic rings. The molecule has 3 rings (SSSR count). The summed E-state index contributed by atoms with van der Waals surface area (Å²) in [7, 11) is 0. The number of ether oxygens (including phenoxy) is 1. The van der Waals surface area contributed by atoms with Crippen molar-refractivity contribution in [1.29, 1.82) is 0 Å². The summed E-state index contributed by atoms with van der Waals surface area (Å²) < 4.78 is 7.35. The third-order valence-corrected chi connectivity index (χ3v) is 6.67. The standard InChI is InChI=1S/C22H26N4O3S2/c1-4-26(5-2)16-8-7-15(19(27)11-16)13-23-25-21(28)14-30-22-24-18-10-9-17(29-6-3)12-20(18)31-22/h7-13,27H,4-6,14H2,1-3H3,(H,25,28). The number of anilines is 1. The van der Waals surface area contributed by atoms with Crippen LogP contribution in [-0.4, -0.2) is 47.7 Å². The van der Waals surface area contributed by atoms with E-state index in [2.05, 4.69) is 34.3 Å². The number of amides is 1. The quantitative estimate of drug-likeness (QED) is 0.264. The van der Waals surface area contributed by atoms with Gasteiger partial charge in [0, 0.05) is 30.4 Å². The van der Waals surface area contributed by atoms with Crippen LogP contribution in [0.25, 0.3) is 10.2 Å². The second kappa shape index (κ2) is 11.0. The minimum Gasteiger partial charge on any atom is -0.507 e. The SMILES string of the molecule is CCOc1ccc2nc(SCC(=O)NN=Cc3ccc(N(CC)CC)cc3O)sc2c1. The van der Waals surface area contributed by atoms with Crippen LogP contribution in [0.2, 0.25) is 0 Å². The van der Waals surface area contributed by atoms with Gasteiger partial charge in [0.2, 0.25) is 0 Å². The van der Waals surface area contributed by atoms with Gasteiger partial charge in [0.25, 0.3) is 5.91 Å². The van der Waals surface area contributed by atoms with Crippen molar-refractivity contribution >= 4 is 51.1 Å². The molecule has 0 saturated heterocycles. The predicted octanol–water partition coefficient (Wildman–Crippen LogP) is 4.49. The number of thiazole rings is 1. The number of carbonyl (C=O) groups is 1. The van der Waals surface area contributed by atoms with Gasteiger partial charge < -0.3 is 14.7 Å². The van der Waals surface area contributed by atoms with Crippen molar-refractivity contribution in [2.45, 2.75) is 25.1 Å². The number of phenolic OH excluding ortho intramolecular Hbond substituents is 1. The molecule has 0 bridgehead atoms. The maximum atomic E-state index is 12.1. The number of benzene rings is 2. The number of nitrogens with zero attached hydrogens (tertiary/aromatic N) is 3. The van der Waals surface area contributed by atoms with E-state index in [1.165, 1.54) is 29.3 Å². The molecule has 2 aromatic carbocycles. The number of carbonyl (C=O) groups excluding carboxylic acids is 1. The van der Waals surface area contributed by atoms with Crippen molar-refractivity contribution in [3.8, 4) is 11.5 Å². The fraction of sp³-hybridized carbons (Fsp3) is 0.318. The number of hydrazone groups is 1. The van der Waals surface area contributed by atoms with Gasteiger partial charge in [-0.3, -0.25) is 4.79 Å². The highest BCUT2D eigenvalue weighted by atomic mass is 32.2. The third kappa shape index (κ3) is 6.11. The molecule has 2 N–H and O–H groups in total. The number of hydrogen-bond acceptors (Lipinski definition) is 8. The van der Waals surface area contributed by atoms with Crippen LogP contribution >= 0.6 is 23.1 Å². The second-order valence-corrected chi connectivity index (χ2v) is 8.79. The first kappa shape index (κ1) is 22.9. The number of rotatable bonds is 10. The first-order chi connectivity index (χ1) is 15.0. The Bertz CT molecular complexity index is 1060. The van der Waals surface area contributed by atoms with Crippen LogP contribution in [0, 0.1) is 0 Å². The minimum atomic E-state index is -0.241. The summed E-state index contributed by atoms with van der Waals surface area (Å²) in [5.74, 6) is 0.894. The van der Waals surface area contributed by atoms with E-state index in [-0.39, 0.29) is 17.4 Å². The molecule has 0 aliphatic heterocycles.